The first-order valence-corrected chi connectivity index (χ1v) is 16.4. The van der Waals surface area contributed by atoms with Crippen LogP contribution in [0.25, 0.3) is 54.6 Å². The van der Waals surface area contributed by atoms with E-state index in [4.69, 9.17) is 6.30 Å². The zero-order valence-electron chi connectivity index (χ0n) is 23.2. The van der Waals surface area contributed by atoms with E-state index in [2.05, 4.69) is 164 Å². The van der Waals surface area contributed by atoms with Crippen molar-refractivity contribution in [1.82, 2.24) is 0 Å². The normalized spacial score (nSPS) is 11.9. The molecule has 0 aromatic heterocycles. The lowest BCUT2D eigenvalue weighted by atomic mass is 9.94. The third-order valence-electron chi connectivity index (χ3n) is 8.75. The Labute approximate surface area is 246 Å². The Morgan fingerprint density at radius 1 is 0.333 bits per heavy atom. The molecule has 0 aliphatic heterocycles. The maximum absolute atomic E-state index is 5.18. The maximum Gasteiger partial charge on any atom is -0.00202 e. The van der Waals surface area contributed by atoms with Crippen LogP contribution in [0, 0.1) is 0 Å². The summed E-state index contributed by atoms with van der Waals surface area (Å²) < 4.78 is 0. The van der Waals surface area contributed by atoms with Gasteiger partial charge in [0.25, 0.3) is 0 Å². The van der Waals surface area contributed by atoms with Gasteiger partial charge in [0.2, 0.25) is 0 Å². The smallest absolute Gasteiger partial charge is 0.00202 e. The molecule has 0 aliphatic carbocycles. The second-order valence-electron chi connectivity index (χ2n) is 11.1. The van der Waals surface area contributed by atoms with Crippen molar-refractivity contribution < 1.29 is 0 Å². The summed E-state index contributed by atoms with van der Waals surface area (Å²) in [5.74, 6) is 0. The zero-order chi connectivity index (χ0) is 28.1. The molecule has 0 saturated heterocycles. The van der Waals surface area contributed by atoms with Crippen molar-refractivity contribution in [3.8, 4) is 22.3 Å². The molecule has 8 aromatic rings. The van der Waals surface area contributed by atoms with Gasteiger partial charge in [0, 0.05) is 0 Å². The summed E-state index contributed by atoms with van der Waals surface area (Å²) in [6.07, 6.45) is 5.18. The van der Waals surface area contributed by atoms with Crippen LogP contribution in [0.15, 0.2) is 164 Å². The molecule has 0 amide bonds. The fourth-order valence-corrected chi connectivity index (χ4v) is 9.66. The standard InChI is InChI=1S/C41H29P/c1-42(36-23-17-31(18-24-36)29-9-4-2-5-10-29,37-25-19-32(20-26-37)30-11-6-3-7-12-30)39-28-22-35-16-15-33-13-8-14-34-21-27-38(39)41(35)40(33)34/h2-28H,1H2. The van der Waals surface area contributed by atoms with E-state index in [1.165, 1.54) is 70.5 Å². The minimum Gasteiger partial charge on any atom is -0.0887 e. The highest BCUT2D eigenvalue weighted by Crippen LogP contribution is 2.46. The van der Waals surface area contributed by atoms with Gasteiger partial charge < -0.3 is 0 Å². The van der Waals surface area contributed by atoms with Crippen molar-refractivity contribution >= 4 is 61.4 Å². The number of hydrogen-bond acceptors (Lipinski definition) is 0. The van der Waals surface area contributed by atoms with Gasteiger partial charge in [0.15, 0.2) is 0 Å². The Kier molecular flexibility index (Phi) is 5.85. The van der Waals surface area contributed by atoms with Crippen molar-refractivity contribution in [3.63, 3.8) is 0 Å². The van der Waals surface area contributed by atoms with Crippen LogP contribution in [0.2, 0.25) is 0 Å². The maximum atomic E-state index is 5.18. The van der Waals surface area contributed by atoms with Crippen molar-refractivity contribution in [3.05, 3.63) is 164 Å². The van der Waals surface area contributed by atoms with Crippen LogP contribution in [-0.2, 0) is 0 Å². The summed E-state index contributed by atoms with van der Waals surface area (Å²) >= 11 is 0. The predicted molar refractivity (Wildman–Crippen MR) is 187 cm³/mol. The van der Waals surface area contributed by atoms with Gasteiger partial charge in [0.1, 0.15) is 0 Å². The van der Waals surface area contributed by atoms with Crippen LogP contribution in [0.5, 0.6) is 0 Å². The Morgan fingerprint density at radius 2 is 0.762 bits per heavy atom. The summed E-state index contributed by atoms with van der Waals surface area (Å²) in [6, 6.07) is 59.9. The van der Waals surface area contributed by atoms with Crippen LogP contribution in [0.3, 0.4) is 0 Å². The minimum absolute atomic E-state index is 1.22. The lowest BCUT2D eigenvalue weighted by Gasteiger charge is -2.29. The van der Waals surface area contributed by atoms with Crippen molar-refractivity contribution in [2.24, 2.45) is 0 Å². The van der Waals surface area contributed by atoms with Crippen molar-refractivity contribution in [2.45, 2.75) is 0 Å². The summed E-state index contributed by atoms with van der Waals surface area (Å²) in [5.41, 5.74) is 4.90. The molecule has 42 heavy (non-hydrogen) atoms. The molecule has 0 atom stereocenters. The van der Waals surface area contributed by atoms with Crippen LogP contribution in [0.1, 0.15) is 0 Å². The summed E-state index contributed by atoms with van der Waals surface area (Å²) in [6.45, 7) is -2.26. The van der Waals surface area contributed by atoms with Gasteiger partial charge in [-0.15, -0.1) is 0 Å². The third kappa shape index (κ3) is 3.92. The molecular weight excluding hydrogens is 523 g/mol. The summed E-state index contributed by atoms with van der Waals surface area (Å²) in [7, 11) is 0. The Bertz CT molecular complexity index is 2120. The lowest BCUT2D eigenvalue weighted by Crippen LogP contribution is -2.26. The van der Waals surface area contributed by atoms with Gasteiger partial charge in [-0.2, -0.15) is 0 Å². The molecular formula is C41H29P. The van der Waals surface area contributed by atoms with E-state index in [0.717, 1.165) is 0 Å². The second kappa shape index (κ2) is 9.88. The molecule has 0 nitrogen and oxygen atoms in total. The Balaban J connectivity index is 1.37. The topological polar surface area (TPSA) is 0 Å². The molecule has 0 spiro atoms. The fraction of sp³-hybridized carbons (Fsp3) is 0. The van der Waals surface area contributed by atoms with Crippen molar-refractivity contribution in [2.75, 3.05) is 0 Å². The van der Waals surface area contributed by atoms with E-state index < -0.39 is 6.89 Å². The monoisotopic (exact) mass is 552 g/mol. The quantitative estimate of drug-likeness (QED) is 0.147. The third-order valence-corrected chi connectivity index (χ3v) is 12.3. The molecule has 0 bridgehead atoms. The molecule has 0 aliphatic rings. The SMILES string of the molecule is C=P(c1ccc(-c2ccccc2)cc1)(c1ccc(-c2ccccc2)cc1)c1ccc2ccc3cccc4ccc1c2c34. The largest absolute Gasteiger partial charge is 0.0887 e. The molecule has 0 heterocycles. The molecule has 8 rings (SSSR count). The molecule has 198 valence electrons. The van der Waals surface area contributed by atoms with Gasteiger partial charge in [0.05, 0.1) is 0 Å². The number of hydrogen-bond donors (Lipinski definition) is 0. The van der Waals surface area contributed by atoms with Crippen LogP contribution in [0.4, 0.5) is 0 Å². The average Bonchev–Trinajstić information content (AvgIpc) is 3.08. The van der Waals surface area contributed by atoms with E-state index in [1.54, 1.807) is 0 Å². The Hall–Kier alpha value is -4.90. The summed E-state index contributed by atoms with van der Waals surface area (Å²) in [5, 5.41) is 11.7. The van der Waals surface area contributed by atoms with Crippen LogP contribution >= 0.6 is 6.89 Å². The van der Waals surface area contributed by atoms with Gasteiger partial charge in [-0.3, -0.25) is 0 Å². The second-order valence-corrected chi connectivity index (χ2v) is 14.2. The fourth-order valence-electron chi connectivity index (χ4n) is 6.56. The molecule has 0 radical (unpaired) electrons. The first-order chi connectivity index (χ1) is 20.7. The first-order valence-electron chi connectivity index (χ1n) is 14.4. The van der Waals surface area contributed by atoms with E-state index in [0.29, 0.717) is 0 Å². The molecule has 0 unspecified atom stereocenters. The van der Waals surface area contributed by atoms with Gasteiger partial charge in [-0.25, -0.2) is 0 Å². The predicted octanol–water partition coefficient (Wildman–Crippen LogP) is 9.64. The molecule has 0 fully saturated rings. The average molecular weight is 553 g/mol. The first kappa shape index (κ1) is 24.9. The molecule has 0 saturated carbocycles. The Morgan fingerprint density at radius 3 is 1.29 bits per heavy atom. The minimum atomic E-state index is -2.26. The van der Waals surface area contributed by atoms with E-state index >= 15 is 0 Å². The van der Waals surface area contributed by atoms with Gasteiger partial charge in [-0.05, 0) is 77.4 Å². The van der Waals surface area contributed by atoms with E-state index in [9.17, 15) is 0 Å². The van der Waals surface area contributed by atoms with E-state index in [1.807, 2.05) is 0 Å². The summed E-state index contributed by atoms with van der Waals surface area (Å²) in [4.78, 5) is 0. The molecule has 8 aromatic carbocycles. The molecule has 1 heteroatoms. The molecule has 0 N–H and O–H groups in total. The highest BCUT2D eigenvalue weighted by molar-refractivity contribution is 7.93. The van der Waals surface area contributed by atoms with Crippen LogP contribution in [-0.4, -0.2) is 6.30 Å². The van der Waals surface area contributed by atoms with Crippen molar-refractivity contribution in [1.29, 1.82) is 0 Å². The highest BCUT2D eigenvalue weighted by Gasteiger charge is 2.26. The van der Waals surface area contributed by atoms with Gasteiger partial charge in [-0.1, -0.05) is 170 Å². The van der Waals surface area contributed by atoms with Crippen LogP contribution < -0.4 is 15.9 Å². The number of benzene rings is 8. The lowest BCUT2D eigenvalue weighted by molar-refractivity contribution is 1.63. The van der Waals surface area contributed by atoms with E-state index in [-0.39, 0.29) is 0 Å². The number of rotatable bonds is 5. The van der Waals surface area contributed by atoms with Gasteiger partial charge >= 0.3 is 0 Å². The zero-order valence-corrected chi connectivity index (χ0v) is 24.1. The highest BCUT2D eigenvalue weighted by atomic mass is 31.2.